The maximum atomic E-state index is 6.91. The Kier molecular flexibility index (Phi) is 11.6. The number of allylic oxidation sites excluding steroid dienone is 2. The van der Waals surface area contributed by atoms with Gasteiger partial charge in [0.2, 0.25) is 0 Å². The molecule has 75 heavy (non-hydrogen) atoms. The Hall–Kier alpha value is -7.63. The van der Waals surface area contributed by atoms with Gasteiger partial charge in [-0.3, -0.25) is 0 Å². The zero-order valence-electron chi connectivity index (χ0n) is 45.4. The molecular formula is C70H70N4O. The minimum absolute atomic E-state index is 0.00233. The van der Waals surface area contributed by atoms with Crippen LogP contribution in [-0.2, 0) is 21.7 Å². The summed E-state index contributed by atoms with van der Waals surface area (Å²) in [5.74, 6) is 2.76. The molecule has 2 atom stereocenters. The highest BCUT2D eigenvalue weighted by Crippen LogP contribution is 2.54. The Balaban J connectivity index is 0.957. The molecule has 0 radical (unpaired) electrons. The lowest BCUT2D eigenvalue weighted by Gasteiger charge is -2.42. The molecule has 0 spiro atoms. The second-order valence-corrected chi connectivity index (χ2v) is 24.8. The molecule has 7 aromatic carbocycles. The number of benzene rings is 7. The van der Waals surface area contributed by atoms with E-state index >= 15 is 0 Å². The number of para-hydroxylation sites is 3. The number of anilines is 6. The van der Waals surface area contributed by atoms with Crippen LogP contribution in [0.15, 0.2) is 194 Å². The smallest absolute Gasteiger partial charge is 0.133 e. The van der Waals surface area contributed by atoms with Gasteiger partial charge in [0.1, 0.15) is 24.0 Å². The molecule has 376 valence electrons. The van der Waals surface area contributed by atoms with Gasteiger partial charge in [0.05, 0.1) is 28.8 Å². The summed E-state index contributed by atoms with van der Waals surface area (Å²) in [6, 6.07) is 61.1. The van der Waals surface area contributed by atoms with E-state index in [1.165, 1.54) is 79.0 Å². The minimum atomic E-state index is -0.0696. The molecule has 2 aliphatic carbocycles. The molecule has 1 aromatic heterocycles. The maximum Gasteiger partial charge on any atom is 0.133 e. The Bertz CT molecular complexity index is 3570. The van der Waals surface area contributed by atoms with Crippen molar-refractivity contribution in [3.8, 4) is 44.9 Å². The number of rotatable bonds is 8. The summed E-state index contributed by atoms with van der Waals surface area (Å²) in [5, 5.41) is 0. The molecule has 2 unspecified atom stereocenters. The minimum Gasteiger partial charge on any atom is -0.457 e. The molecule has 0 bridgehead atoms. The molecule has 0 saturated carbocycles. The molecular weight excluding hydrogens is 913 g/mol. The maximum absolute atomic E-state index is 6.91. The number of nitrogens with zero attached hydrogens (tertiary/aromatic N) is 4. The van der Waals surface area contributed by atoms with E-state index in [0.717, 1.165) is 40.8 Å². The van der Waals surface area contributed by atoms with E-state index in [0.29, 0.717) is 6.67 Å². The van der Waals surface area contributed by atoms with Crippen LogP contribution in [0.1, 0.15) is 116 Å². The number of pyridine rings is 1. The second-order valence-electron chi connectivity index (χ2n) is 24.8. The van der Waals surface area contributed by atoms with Crippen molar-refractivity contribution in [2.45, 2.75) is 116 Å². The van der Waals surface area contributed by atoms with Crippen molar-refractivity contribution in [3.63, 3.8) is 0 Å². The topological polar surface area (TPSA) is 31.8 Å². The second kappa shape index (κ2) is 18.0. The first-order valence-electron chi connectivity index (χ1n) is 27.1. The number of hydrogen-bond donors (Lipinski definition) is 0. The quantitative estimate of drug-likeness (QED) is 0.151. The summed E-state index contributed by atoms with van der Waals surface area (Å²) >= 11 is 0. The van der Waals surface area contributed by atoms with Gasteiger partial charge in [-0.1, -0.05) is 197 Å². The molecule has 5 heteroatoms. The van der Waals surface area contributed by atoms with Crippen LogP contribution in [0.25, 0.3) is 33.4 Å². The highest BCUT2D eigenvalue weighted by atomic mass is 16.5. The zero-order valence-corrected chi connectivity index (χ0v) is 45.4. The summed E-state index contributed by atoms with van der Waals surface area (Å²) in [4.78, 5) is 12.4. The van der Waals surface area contributed by atoms with Gasteiger partial charge < -0.3 is 19.4 Å². The Morgan fingerprint density at radius 2 is 1.17 bits per heavy atom. The molecule has 0 N–H and O–H groups in total. The van der Waals surface area contributed by atoms with Gasteiger partial charge >= 0.3 is 0 Å². The van der Waals surface area contributed by atoms with Crippen molar-refractivity contribution in [3.05, 3.63) is 222 Å². The van der Waals surface area contributed by atoms with Crippen LogP contribution in [-0.4, -0.2) is 17.7 Å². The molecule has 0 saturated heterocycles. The van der Waals surface area contributed by atoms with Gasteiger partial charge in [-0.2, -0.15) is 0 Å². The highest BCUT2D eigenvalue weighted by molar-refractivity contribution is 5.99. The molecule has 2 aliphatic heterocycles. The predicted molar refractivity (Wildman–Crippen MR) is 315 cm³/mol. The summed E-state index contributed by atoms with van der Waals surface area (Å²) in [6.07, 6.45) is 13.2. The SMILES string of the molecule is CC(C)(C)c1cc(-c2ccccc2)cc(-c2cccc(-c3ccc4c(c3)C(C)(C)CCC4(C)C)c2N2CN(c3cccc(Oc4ccc5c(c4)N(c4cc(C(C)(C)C)ccn4)C4C=CC=CC54)c3)c3ccccc32)c1. The molecule has 8 aromatic rings. The van der Waals surface area contributed by atoms with Crippen LogP contribution in [0.2, 0.25) is 0 Å². The lowest BCUT2D eigenvalue weighted by molar-refractivity contribution is 0.332. The molecule has 12 rings (SSSR count). The first kappa shape index (κ1) is 48.3. The Labute approximate surface area is 445 Å². The molecule has 5 nitrogen and oxygen atoms in total. The van der Waals surface area contributed by atoms with Crippen molar-refractivity contribution in [2.24, 2.45) is 0 Å². The van der Waals surface area contributed by atoms with Crippen molar-refractivity contribution >= 4 is 34.3 Å². The summed E-state index contributed by atoms with van der Waals surface area (Å²) in [5.41, 5.74) is 19.9. The third-order valence-electron chi connectivity index (χ3n) is 16.7. The van der Waals surface area contributed by atoms with E-state index in [4.69, 9.17) is 9.72 Å². The van der Waals surface area contributed by atoms with Gasteiger partial charge in [-0.25, -0.2) is 4.98 Å². The largest absolute Gasteiger partial charge is 0.457 e. The van der Waals surface area contributed by atoms with E-state index in [-0.39, 0.29) is 33.6 Å². The van der Waals surface area contributed by atoms with Crippen molar-refractivity contribution < 1.29 is 4.74 Å². The first-order valence-corrected chi connectivity index (χ1v) is 27.1. The van der Waals surface area contributed by atoms with E-state index in [1.54, 1.807) is 0 Å². The third kappa shape index (κ3) is 8.74. The van der Waals surface area contributed by atoms with E-state index < -0.39 is 0 Å². The first-order chi connectivity index (χ1) is 35.9. The molecule has 0 amide bonds. The van der Waals surface area contributed by atoms with Crippen molar-refractivity contribution in [1.82, 2.24) is 4.98 Å². The van der Waals surface area contributed by atoms with Gasteiger partial charge in [0, 0.05) is 41.1 Å². The summed E-state index contributed by atoms with van der Waals surface area (Å²) < 4.78 is 6.91. The van der Waals surface area contributed by atoms with E-state index in [9.17, 15) is 0 Å². The highest BCUT2D eigenvalue weighted by Gasteiger charge is 2.40. The van der Waals surface area contributed by atoms with Crippen LogP contribution in [0, 0.1) is 0 Å². The monoisotopic (exact) mass is 983 g/mol. The molecule has 4 aliphatic rings. The Morgan fingerprint density at radius 3 is 1.93 bits per heavy atom. The number of aromatic nitrogens is 1. The lowest BCUT2D eigenvalue weighted by atomic mass is 9.63. The van der Waals surface area contributed by atoms with Crippen LogP contribution in [0.5, 0.6) is 11.5 Å². The van der Waals surface area contributed by atoms with Crippen LogP contribution in [0.4, 0.5) is 34.3 Å². The lowest BCUT2D eigenvalue weighted by Crippen LogP contribution is -2.33. The van der Waals surface area contributed by atoms with Gasteiger partial charge in [0.25, 0.3) is 0 Å². The van der Waals surface area contributed by atoms with Crippen molar-refractivity contribution in [2.75, 3.05) is 21.4 Å². The number of hydrogen-bond acceptors (Lipinski definition) is 5. The fourth-order valence-corrected chi connectivity index (χ4v) is 12.2. The number of fused-ring (bicyclic) bond motifs is 5. The fourth-order valence-electron chi connectivity index (χ4n) is 12.2. The fraction of sp³-hybridized carbons (Fsp3) is 0.271. The zero-order chi connectivity index (χ0) is 52.0. The van der Waals surface area contributed by atoms with Gasteiger partial charge in [0.15, 0.2) is 0 Å². The molecule has 0 fully saturated rings. The standard InChI is InChI=1S/C70H70N4O/c1-67(2,3)50-34-37-71-65(42-50)74-61-27-15-14-24-57(61)58-32-31-54(44-64(58)74)75-53-23-18-22-52(43-53)72-45-73(63-29-17-16-28-62(63)72)66-55(47-30-33-59-60(41-47)70(9,10)36-35-69(59,7)8)25-19-26-56(66)49-38-48(46-20-12-11-13-21-46)39-51(40-49)68(4,5)6/h11-34,37-44,57,61H,35-36,45H2,1-10H3. The average molecular weight is 983 g/mol. The third-order valence-corrected chi connectivity index (χ3v) is 16.7. The van der Waals surface area contributed by atoms with Crippen LogP contribution < -0.4 is 19.4 Å². The summed E-state index contributed by atoms with van der Waals surface area (Å²) in [7, 11) is 0. The van der Waals surface area contributed by atoms with E-state index in [2.05, 4.69) is 272 Å². The summed E-state index contributed by atoms with van der Waals surface area (Å²) in [6.45, 7) is 24.1. The average Bonchev–Trinajstić information content (AvgIpc) is 3.98. The van der Waals surface area contributed by atoms with E-state index in [1.807, 2.05) is 6.20 Å². The number of ether oxygens (including phenoxy) is 1. The van der Waals surface area contributed by atoms with Gasteiger partial charge in [-0.15, -0.1) is 0 Å². The Morgan fingerprint density at radius 1 is 0.507 bits per heavy atom. The predicted octanol–water partition coefficient (Wildman–Crippen LogP) is 18.8. The van der Waals surface area contributed by atoms with Crippen LogP contribution >= 0.6 is 0 Å². The van der Waals surface area contributed by atoms with Crippen LogP contribution in [0.3, 0.4) is 0 Å². The normalized spacial score (nSPS) is 18.1. The molecule has 3 heterocycles. The van der Waals surface area contributed by atoms with Gasteiger partial charge in [-0.05, 0) is 133 Å². The van der Waals surface area contributed by atoms with Crippen molar-refractivity contribution in [1.29, 1.82) is 0 Å².